The van der Waals surface area contributed by atoms with Crippen LogP contribution >= 0.6 is 0 Å². The molecule has 3 atom stereocenters. The predicted octanol–water partition coefficient (Wildman–Crippen LogP) is 4.87. The number of hydrogen-bond donors (Lipinski definition) is 1. The summed E-state index contributed by atoms with van der Waals surface area (Å²) in [6.07, 6.45) is 4.09. The third-order valence-corrected chi connectivity index (χ3v) is 4.57. The average molecular weight is 289 g/mol. The summed E-state index contributed by atoms with van der Waals surface area (Å²) in [4.78, 5) is 0. The van der Waals surface area contributed by atoms with Crippen molar-refractivity contribution in [1.29, 1.82) is 0 Å². The van der Waals surface area contributed by atoms with Crippen LogP contribution in [-0.2, 0) is 0 Å². The van der Waals surface area contributed by atoms with E-state index in [-0.39, 0.29) is 0 Å². The molecule has 0 aliphatic heterocycles. The van der Waals surface area contributed by atoms with Crippen LogP contribution in [0.25, 0.3) is 0 Å². The topological polar surface area (TPSA) is 21.3 Å². The van der Waals surface area contributed by atoms with Gasteiger partial charge in [-0.1, -0.05) is 38.5 Å². The summed E-state index contributed by atoms with van der Waals surface area (Å²) in [5.74, 6) is 2.62. The number of nitrogens with one attached hydrogen (secondary N) is 1. The molecule has 0 heterocycles. The average Bonchev–Trinajstić information content (AvgIpc) is 2.40. The Morgan fingerprint density at radius 1 is 1.19 bits per heavy atom. The van der Waals surface area contributed by atoms with Crippen LogP contribution in [0.3, 0.4) is 0 Å². The SMILES string of the molecule is CCNC(C)c1cc(C)ccc1OC1CC(C)CC(C)C1. The van der Waals surface area contributed by atoms with Gasteiger partial charge in [0.25, 0.3) is 0 Å². The van der Waals surface area contributed by atoms with Crippen LogP contribution in [0.1, 0.15) is 64.1 Å². The van der Waals surface area contributed by atoms with E-state index in [4.69, 9.17) is 4.74 Å². The molecule has 21 heavy (non-hydrogen) atoms. The summed E-state index contributed by atoms with van der Waals surface area (Å²) in [7, 11) is 0. The third kappa shape index (κ3) is 4.47. The molecular weight excluding hydrogens is 258 g/mol. The van der Waals surface area contributed by atoms with Gasteiger partial charge in [0.15, 0.2) is 0 Å². The van der Waals surface area contributed by atoms with Crippen molar-refractivity contribution < 1.29 is 4.74 Å². The summed E-state index contributed by atoms with van der Waals surface area (Å²) in [5, 5.41) is 3.50. The Morgan fingerprint density at radius 3 is 2.48 bits per heavy atom. The quantitative estimate of drug-likeness (QED) is 0.835. The molecule has 0 amide bonds. The second-order valence-electron chi connectivity index (χ2n) is 6.98. The van der Waals surface area contributed by atoms with Crippen LogP contribution in [-0.4, -0.2) is 12.6 Å². The van der Waals surface area contributed by atoms with Crippen LogP contribution in [0.5, 0.6) is 5.75 Å². The summed E-state index contributed by atoms with van der Waals surface area (Å²) >= 11 is 0. The maximum Gasteiger partial charge on any atom is 0.124 e. The lowest BCUT2D eigenvalue weighted by Crippen LogP contribution is -2.29. The largest absolute Gasteiger partial charge is 0.490 e. The van der Waals surface area contributed by atoms with Crippen LogP contribution < -0.4 is 10.1 Å². The van der Waals surface area contributed by atoms with Crippen molar-refractivity contribution in [3.8, 4) is 5.75 Å². The van der Waals surface area contributed by atoms with E-state index in [1.165, 1.54) is 30.4 Å². The lowest BCUT2D eigenvalue weighted by Gasteiger charge is -2.32. The van der Waals surface area contributed by atoms with Crippen molar-refractivity contribution >= 4 is 0 Å². The van der Waals surface area contributed by atoms with Gasteiger partial charge in [-0.2, -0.15) is 0 Å². The third-order valence-electron chi connectivity index (χ3n) is 4.57. The van der Waals surface area contributed by atoms with Gasteiger partial charge in [0.1, 0.15) is 5.75 Å². The maximum absolute atomic E-state index is 6.41. The normalized spacial score (nSPS) is 27.4. The first kappa shape index (κ1) is 16.4. The van der Waals surface area contributed by atoms with E-state index in [2.05, 4.69) is 58.1 Å². The molecule has 1 aromatic rings. The number of benzene rings is 1. The fraction of sp³-hybridized carbons (Fsp3) is 0.684. The van der Waals surface area contributed by atoms with Gasteiger partial charge in [-0.25, -0.2) is 0 Å². The second kappa shape index (κ2) is 7.31. The van der Waals surface area contributed by atoms with Gasteiger partial charge in [-0.3, -0.25) is 0 Å². The van der Waals surface area contributed by atoms with Crippen molar-refractivity contribution in [3.05, 3.63) is 29.3 Å². The standard InChI is InChI=1S/C19H31NO/c1-6-20-16(5)18-12-13(2)7-8-19(18)21-17-10-14(3)9-15(4)11-17/h7-8,12,14-17,20H,6,9-11H2,1-5H3. The molecule has 2 heteroatoms. The molecule has 0 bridgehead atoms. The molecule has 0 radical (unpaired) electrons. The van der Waals surface area contributed by atoms with Crippen molar-refractivity contribution in [2.24, 2.45) is 11.8 Å². The fourth-order valence-electron chi connectivity index (χ4n) is 3.68. The van der Waals surface area contributed by atoms with E-state index in [0.29, 0.717) is 12.1 Å². The van der Waals surface area contributed by atoms with E-state index < -0.39 is 0 Å². The molecular formula is C19H31NO. The summed E-state index contributed by atoms with van der Waals surface area (Å²) in [5.41, 5.74) is 2.59. The van der Waals surface area contributed by atoms with E-state index in [0.717, 1.165) is 24.1 Å². The highest BCUT2D eigenvalue weighted by atomic mass is 16.5. The van der Waals surface area contributed by atoms with Gasteiger partial charge in [0.2, 0.25) is 0 Å². The minimum Gasteiger partial charge on any atom is -0.490 e. The molecule has 1 aliphatic rings. The molecule has 1 N–H and O–H groups in total. The molecule has 1 saturated carbocycles. The van der Waals surface area contributed by atoms with Gasteiger partial charge >= 0.3 is 0 Å². The molecule has 2 nitrogen and oxygen atoms in total. The highest BCUT2D eigenvalue weighted by Crippen LogP contribution is 2.34. The van der Waals surface area contributed by atoms with Crippen molar-refractivity contribution in [2.75, 3.05) is 6.54 Å². The monoisotopic (exact) mass is 289 g/mol. The highest BCUT2D eigenvalue weighted by Gasteiger charge is 2.26. The minimum absolute atomic E-state index is 0.336. The van der Waals surface area contributed by atoms with Crippen molar-refractivity contribution in [1.82, 2.24) is 5.32 Å². The lowest BCUT2D eigenvalue weighted by atomic mass is 9.82. The zero-order valence-corrected chi connectivity index (χ0v) is 14.3. The summed E-state index contributed by atoms with van der Waals surface area (Å²) in [6.45, 7) is 12.2. The number of rotatable bonds is 5. The lowest BCUT2D eigenvalue weighted by molar-refractivity contribution is 0.0995. The Balaban J connectivity index is 2.15. The molecule has 1 aliphatic carbocycles. The Bertz CT molecular complexity index is 447. The summed E-state index contributed by atoms with van der Waals surface area (Å²) < 4.78 is 6.41. The van der Waals surface area contributed by atoms with E-state index in [1.54, 1.807) is 0 Å². The molecule has 1 fully saturated rings. The predicted molar refractivity (Wildman–Crippen MR) is 89.9 cm³/mol. The number of hydrogen-bond acceptors (Lipinski definition) is 2. The smallest absolute Gasteiger partial charge is 0.124 e. The Labute approximate surface area is 130 Å². The molecule has 0 saturated heterocycles. The zero-order chi connectivity index (χ0) is 15.4. The van der Waals surface area contributed by atoms with Crippen molar-refractivity contribution in [2.45, 2.75) is 66.0 Å². The zero-order valence-electron chi connectivity index (χ0n) is 14.3. The molecule has 118 valence electrons. The first-order chi connectivity index (χ1) is 9.99. The van der Waals surface area contributed by atoms with Gasteiger partial charge in [-0.15, -0.1) is 0 Å². The van der Waals surface area contributed by atoms with Crippen LogP contribution in [0.2, 0.25) is 0 Å². The Hall–Kier alpha value is -1.02. The van der Waals surface area contributed by atoms with Crippen LogP contribution in [0, 0.1) is 18.8 Å². The van der Waals surface area contributed by atoms with Crippen molar-refractivity contribution in [3.63, 3.8) is 0 Å². The Morgan fingerprint density at radius 2 is 1.86 bits per heavy atom. The van der Waals surface area contributed by atoms with Gasteiger partial charge in [0.05, 0.1) is 6.10 Å². The number of aryl methyl sites for hydroxylation is 1. The Kier molecular flexibility index (Phi) is 5.69. The number of ether oxygens (including phenoxy) is 1. The first-order valence-electron chi connectivity index (χ1n) is 8.50. The van der Waals surface area contributed by atoms with E-state index >= 15 is 0 Å². The molecule has 1 aromatic carbocycles. The molecule has 0 aromatic heterocycles. The summed E-state index contributed by atoms with van der Waals surface area (Å²) in [6, 6.07) is 6.91. The minimum atomic E-state index is 0.336. The van der Waals surface area contributed by atoms with E-state index in [9.17, 15) is 0 Å². The first-order valence-corrected chi connectivity index (χ1v) is 8.50. The second-order valence-corrected chi connectivity index (χ2v) is 6.98. The molecule has 3 unspecified atom stereocenters. The van der Waals surface area contributed by atoms with E-state index in [1.807, 2.05) is 0 Å². The maximum atomic E-state index is 6.41. The molecule has 0 spiro atoms. The van der Waals surface area contributed by atoms with Gasteiger partial charge in [-0.05, 0) is 57.6 Å². The van der Waals surface area contributed by atoms with Gasteiger partial charge < -0.3 is 10.1 Å². The highest BCUT2D eigenvalue weighted by molar-refractivity contribution is 5.39. The van der Waals surface area contributed by atoms with Crippen LogP contribution in [0.4, 0.5) is 0 Å². The van der Waals surface area contributed by atoms with Gasteiger partial charge in [0, 0.05) is 11.6 Å². The fourth-order valence-corrected chi connectivity index (χ4v) is 3.68. The van der Waals surface area contributed by atoms with Crippen LogP contribution in [0.15, 0.2) is 18.2 Å². The molecule has 2 rings (SSSR count).